The van der Waals surface area contributed by atoms with Crippen LogP contribution in [0.4, 0.5) is 0 Å². The van der Waals surface area contributed by atoms with Crippen LogP contribution in [0.1, 0.15) is 11.5 Å². The Morgan fingerprint density at radius 3 is 2.03 bits per heavy atom. The fraction of sp³-hybridized carbons (Fsp3) is 0.185. The van der Waals surface area contributed by atoms with Crippen LogP contribution in [0.2, 0.25) is 0 Å². The van der Waals surface area contributed by atoms with Gasteiger partial charge in [0.1, 0.15) is 28.7 Å². The van der Waals surface area contributed by atoms with E-state index < -0.39 is 12.6 Å². The van der Waals surface area contributed by atoms with Crippen molar-refractivity contribution in [2.45, 2.75) is 13.5 Å². The van der Waals surface area contributed by atoms with Crippen molar-refractivity contribution in [3.8, 4) is 45.6 Å². The molecule has 0 radical (unpaired) electrons. The summed E-state index contributed by atoms with van der Waals surface area (Å²) in [6, 6.07) is 20.3. The average molecular weight is 475 g/mol. The Hall–Kier alpha value is -4.46. The van der Waals surface area contributed by atoms with E-state index in [1.165, 1.54) is 0 Å². The van der Waals surface area contributed by atoms with Crippen molar-refractivity contribution in [1.82, 2.24) is 4.98 Å². The average Bonchev–Trinajstić information content (AvgIpc) is 3.31. The first kappa shape index (κ1) is 23.7. The van der Waals surface area contributed by atoms with Gasteiger partial charge in [-0.25, -0.2) is 9.78 Å². The summed E-state index contributed by atoms with van der Waals surface area (Å²) in [5, 5.41) is 8.79. The highest BCUT2D eigenvalue weighted by Gasteiger charge is 2.18. The second-order valence-corrected chi connectivity index (χ2v) is 7.64. The third-order valence-electron chi connectivity index (χ3n) is 5.25. The molecule has 35 heavy (non-hydrogen) atoms. The molecule has 0 spiro atoms. The van der Waals surface area contributed by atoms with Gasteiger partial charge in [0.15, 0.2) is 19.0 Å². The maximum Gasteiger partial charge on any atom is 0.341 e. The Bertz CT molecular complexity index is 1230. The molecular formula is C27H25NO7. The highest BCUT2D eigenvalue weighted by atomic mass is 16.5. The minimum absolute atomic E-state index is 0.105. The highest BCUT2D eigenvalue weighted by Crippen LogP contribution is 2.35. The van der Waals surface area contributed by atoms with Crippen LogP contribution >= 0.6 is 0 Å². The number of rotatable bonds is 10. The lowest BCUT2D eigenvalue weighted by Gasteiger charge is -2.09. The lowest BCUT2D eigenvalue weighted by Crippen LogP contribution is -2.10. The van der Waals surface area contributed by atoms with Crippen LogP contribution in [0.25, 0.3) is 22.6 Å². The summed E-state index contributed by atoms with van der Waals surface area (Å²) in [5.74, 6) is 2.55. The predicted molar refractivity (Wildman–Crippen MR) is 129 cm³/mol. The van der Waals surface area contributed by atoms with Crippen molar-refractivity contribution in [2.75, 3.05) is 20.8 Å². The third-order valence-corrected chi connectivity index (χ3v) is 5.25. The third kappa shape index (κ3) is 5.73. The van der Waals surface area contributed by atoms with Gasteiger partial charge in [-0.05, 0) is 79.2 Å². The largest absolute Gasteiger partial charge is 0.497 e. The Balaban J connectivity index is 1.58. The summed E-state index contributed by atoms with van der Waals surface area (Å²) in [4.78, 5) is 15.4. The molecule has 0 bridgehead atoms. The quantitative estimate of drug-likeness (QED) is 0.326. The number of aryl methyl sites for hydroxylation is 1. The minimum Gasteiger partial charge on any atom is -0.497 e. The summed E-state index contributed by atoms with van der Waals surface area (Å²) in [6.07, 6.45) is 0. The first-order chi connectivity index (χ1) is 17.0. The molecule has 0 amide bonds. The number of aliphatic carboxylic acids is 1. The zero-order valence-electron chi connectivity index (χ0n) is 19.6. The molecule has 1 N–H and O–H groups in total. The van der Waals surface area contributed by atoms with Crippen LogP contribution in [0, 0.1) is 6.92 Å². The first-order valence-corrected chi connectivity index (χ1v) is 10.8. The number of carboxylic acids is 1. The lowest BCUT2D eigenvalue weighted by atomic mass is 10.1. The van der Waals surface area contributed by atoms with Gasteiger partial charge in [-0.3, -0.25) is 0 Å². The van der Waals surface area contributed by atoms with Crippen molar-refractivity contribution >= 4 is 5.97 Å². The van der Waals surface area contributed by atoms with Gasteiger partial charge >= 0.3 is 5.97 Å². The maximum absolute atomic E-state index is 10.7. The molecule has 4 rings (SSSR count). The summed E-state index contributed by atoms with van der Waals surface area (Å²) in [7, 11) is 3.24. The molecule has 0 fully saturated rings. The van der Waals surface area contributed by atoms with Crippen molar-refractivity contribution in [3.63, 3.8) is 0 Å². The van der Waals surface area contributed by atoms with Gasteiger partial charge in [0.2, 0.25) is 5.89 Å². The number of hydrogen-bond acceptors (Lipinski definition) is 7. The number of hydrogen-bond donors (Lipinski definition) is 1. The molecule has 180 valence electrons. The molecule has 8 nitrogen and oxygen atoms in total. The van der Waals surface area contributed by atoms with Crippen molar-refractivity contribution < 1.29 is 33.3 Å². The number of methoxy groups -OCH3 is 2. The normalized spacial score (nSPS) is 10.6. The van der Waals surface area contributed by atoms with Gasteiger partial charge in [0.05, 0.1) is 14.2 Å². The van der Waals surface area contributed by atoms with E-state index in [9.17, 15) is 4.79 Å². The Kier molecular flexibility index (Phi) is 7.21. The number of carboxylic acid groups (broad SMARTS) is 1. The van der Waals surface area contributed by atoms with Crippen LogP contribution in [0.15, 0.2) is 71.1 Å². The molecule has 3 aromatic carbocycles. The molecule has 0 aliphatic rings. The molecule has 1 aromatic heterocycles. The van der Waals surface area contributed by atoms with Crippen molar-refractivity contribution in [3.05, 3.63) is 78.2 Å². The first-order valence-electron chi connectivity index (χ1n) is 10.8. The van der Waals surface area contributed by atoms with E-state index in [2.05, 4.69) is 0 Å². The standard InChI is InChI=1S/C27H25NO7/c1-17-14-22(12-13-23(17)34-16-25(29)30)33-15-24-28-26(18-4-8-20(31-2)9-5-18)27(35-24)19-6-10-21(32-3)11-7-19/h4-14H,15-16H2,1-3H3,(H,29,30). The predicted octanol–water partition coefficient (Wildman–Crippen LogP) is 5.38. The topological polar surface area (TPSA) is 100 Å². The van der Waals surface area contributed by atoms with E-state index in [1.54, 1.807) is 32.4 Å². The summed E-state index contributed by atoms with van der Waals surface area (Å²) in [5.41, 5.74) is 3.17. The molecule has 0 unspecified atom stereocenters. The second-order valence-electron chi connectivity index (χ2n) is 7.64. The molecule has 4 aromatic rings. The van der Waals surface area contributed by atoms with Crippen molar-refractivity contribution in [1.29, 1.82) is 0 Å². The zero-order chi connectivity index (χ0) is 24.8. The summed E-state index contributed by atoms with van der Waals surface area (Å²) >= 11 is 0. The molecular weight excluding hydrogens is 450 g/mol. The smallest absolute Gasteiger partial charge is 0.341 e. The summed E-state index contributed by atoms with van der Waals surface area (Å²) < 4.78 is 27.8. The number of nitrogens with zero attached hydrogens (tertiary/aromatic N) is 1. The Labute approximate surface area is 202 Å². The Morgan fingerprint density at radius 2 is 1.46 bits per heavy atom. The van der Waals surface area contributed by atoms with E-state index in [4.69, 9.17) is 33.5 Å². The fourth-order valence-corrected chi connectivity index (χ4v) is 3.47. The molecule has 0 saturated heterocycles. The van der Waals surface area contributed by atoms with E-state index >= 15 is 0 Å². The van der Waals surface area contributed by atoms with E-state index in [0.29, 0.717) is 28.8 Å². The maximum atomic E-state index is 10.7. The van der Waals surface area contributed by atoms with E-state index in [1.807, 2.05) is 55.5 Å². The molecule has 0 atom stereocenters. The number of oxazole rings is 1. The molecule has 8 heteroatoms. The van der Waals surface area contributed by atoms with Gasteiger partial charge in [-0.15, -0.1) is 0 Å². The van der Waals surface area contributed by atoms with Crippen molar-refractivity contribution in [2.24, 2.45) is 0 Å². The number of benzene rings is 3. The van der Waals surface area contributed by atoms with E-state index in [0.717, 1.165) is 28.2 Å². The Morgan fingerprint density at radius 1 is 0.857 bits per heavy atom. The zero-order valence-corrected chi connectivity index (χ0v) is 19.6. The van der Waals surface area contributed by atoms with Gasteiger partial charge in [0.25, 0.3) is 0 Å². The minimum atomic E-state index is -1.03. The lowest BCUT2D eigenvalue weighted by molar-refractivity contribution is -0.139. The van der Waals surface area contributed by atoms with E-state index in [-0.39, 0.29) is 6.61 Å². The highest BCUT2D eigenvalue weighted by molar-refractivity contribution is 5.77. The number of carbonyl (C=O) groups is 1. The number of ether oxygens (including phenoxy) is 4. The molecule has 0 saturated carbocycles. The SMILES string of the molecule is COc1ccc(-c2nc(COc3ccc(OCC(=O)O)c(C)c3)oc2-c2ccc(OC)cc2)cc1. The van der Waals surface area contributed by atoms with Crippen LogP contribution < -0.4 is 18.9 Å². The van der Waals surface area contributed by atoms with Crippen LogP contribution in [0.5, 0.6) is 23.0 Å². The number of aromatic nitrogens is 1. The van der Waals surface area contributed by atoms with Gasteiger partial charge in [-0.1, -0.05) is 0 Å². The second kappa shape index (κ2) is 10.6. The fourth-order valence-electron chi connectivity index (χ4n) is 3.47. The van der Waals surface area contributed by atoms with Gasteiger partial charge in [-0.2, -0.15) is 0 Å². The molecule has 0 aliphatic heterocycles. The van der Waals surface area contributed by atoms with Crippen LogP contribution in [-0.2, 0) is 11.4 Å². The summed E-state index contributed by atoms with van der Waals surface area (Å²) in [6.45, 7) is 1.52. The molecule has 0 aliphatic carbocycles. The van der Waals surface area contributed by atoms with Gasteiger partial charge < -0.3 is 28.5 Å². The van der Waals surface area contributed by atoms with Gasteiger partial charge in [0, 0.05) is 11.1 Å². The van der Waals surface area contributed by atoms with Crippen LogP contribution in [-0.4, -0.2) is 36.9 Å². The van der Waals surface area contributed by atoms with Crippen LogP contribution in [0.3, 0.4) is 0 Å². The molecule has 1 heterocycles. The monoisotopic (exact) mass is 475 g/mol.